The lowest BCUT2D eigenvalue weighted by Gasteiger charge is -2.33. The third-order valence-corrected chi connectivity index (χ3v) is 4.27. The lowest BCUT2D eigenvalue weighted by atomic mass is 9.92. The Morgan fingerprint density at radius 2 is 2.05 bits per heavy atom. The van der Waals surface area contributed by atoms with E-state index in [0.717, 1.165) is 18.0 Å². The molecule has 0 saturated carbocycles. The van der Waals surface area contributed by atoms with Crippen molar-refractivity contribution in [1.82, 2.24) is 4.98 Å². The van der Waals surface area contributed by atoms with E-state index in [2.05, 4.69) is 35.9 Å². The van der Waals surface area contributed by atoms with Crippen LogP contribution in [-0.4, -0.2) is 18.1 Å². The number of piperidine rings is 1. The van der Waals surface area contributed by atoms with Gasteiger partial charge in [-0.05, 0) is 37.3 Å². The first-order valence-electron chi connectivity index (χ1n) is 7.71. The van der Waals surface area contributed by atoms with E-state index in [0.29, 0.717) is 0 Å². The van der Waals surface area contributed by atoms with Gasteiger partial charge in [-0.1, -0.05) is 26.7 Å². The number of rotatable bonds is 5. The van der Waals surface area contributed by atoms with Crippen LogP contribution in [0.15, 0.2) is 18.3 Å². The van der Waals surface area contributed by atoms with Crippen molar-refractivity contribution < 1.29 is 0 Å². The molecule has 19 heavy (non-hydrogen) atoms. The van der Waals surface area contributed by atoms with E-state index in [1.807, 2.05) is 6.20 Å². The van der Waals surface area contributed by atoms with Crippen molar-refractivity contribution in [3.05, 3.63) is 24.0 Å². The third kappa shape index (κ3) is 3.69. The number of aromatic nitrogens is 1. The lowest BCUT2D eigenvalue weighted by molar-refractivity contribution is 0.378. The standard InChI is InChI=1S/C16H27N3/c1-3-5-13-8-10-19(11-9-13)14-6-7-16(18-12-14)15(17)4-2/h6-7,12-13,15H,3-5,8-11,17H2,1-2H3/t15-/m0/s1. The van der Waals surface area contributed by atoms with Crippen molar-refractivity contribution in [3.63, 3.8) is 0 Å². The summed E-state index contributed by atoms with van der Waals surface area (Å²) in [5.74, 6) is 0.932. The maximum Gasteiger partial charge on any atom is 0.0572 e. The Bertz CT molecular complexity index is 366. The van der Waals surface area contributed by atoms with Crippen LogP contribution < -0.4 is 10.6 Å². The summed E-state index contributed by atoms with van der Waals surface area (Å²) in [6, 6.07) is 4.34. The number of anilines is 1. The summed E-state index contributed by atoms with van der Waals surface area (Å²) in [6.45, 7) is 6.72. The summed E-state index contributed by atoms with van der Waals surface area (Å²) in [7, 11) is 0. The van der Waals surface area contributed by atoms with Crippen LogP contribution >= 0.6 is 0 Å². The fraction of sp³-hybridized carbons (Fsp3) is 0.688. The Hall–Kier alpha value is -1.09. The van der Waals surface area contributed by atoms with Crippen molar-refractivity contribution in [2.75, 3.05) is 18.0 Å². The Labute approximate surface area is 117 Å². The molecule has 1 aromatic rings. The van der Waals surface area contributed by atoms with Gasteiger partial charge in [-0.2, -0.15) is 0 Å². The van der Waals surface area contributed by atoms with Gasteiger partial charge < -0.3 is 10.6 Å². The van der Waals surface area contributed by atoms with Crippen molar-refractivity contribution in [2.24, 2.45) is 11.7 Å². The average Bonchev–Trinajstić information content (AvgIpc) is 2.48. The van der Waals surface area contributed by atoms with Gasteiger partial charge in [-0.25, -0.2) is 0 Å². The minimum Gasteiger partial charge on any atom is -0.370 e. The lowest BCUT2D eigenvalue weighted by Crippen LogP contribution is -2.33. The largest absolute Gasteiger partial charge is 0.370 e. The molecule has 0 spiro atoms. The van der Waals surface area contributed by atoms with Gasteiger partial charge in [0.1, 0.15) is 0 Å². The Morgan fingerprint density at radius 1 is 1.32 bits per heavy atom. The quantitative estimate of drug-likeness (QED) is 0.882. The molecule has 3 nitrogen and oxygen atoms in total. The van der Waals surface area contributed by atoms with E-state index in [1.165, 1.54) is 44.5 Å². The summed E-state index contributed by atoms with van der Waals surface area (Å²) in [5, 5.41) is 0. The fourth-order valence-corrected chi connectivity index (χ4v) is 2.90. The highest BCUT2D eigenvalue weighted by Crippen LogP contribution is 2.26. The Balaban J connectivity index is 1.92. The van der Waals surface area contributed by atoms with Gasteiger partial charge in [0.2, 0.25) is 0 Å². The van der Waals surface area contributed by atoms with Gasteiger partial charge in [-0.3, -0.25) is 4.98 Å². The van der Waals surface area contributed by atoms with Crippen molar-refractivity contribution in [2.45, 2.75) is 52.0 Å². The third-order valence-electron chi connectivity index (χ3n) is 4.27. The number of hydrogen-bond acceptors (Lipinski definition) is 3. The van der Waals surface area contributed by atoms with Crippen molar-refractivity contribution in [1.29, 1.82) is 0 Å². The molecule has 0 aromatic carbocycles. The summed E-state index contributed by atoms with van der Waals surface area (Å²) >= 11 is 0. The zero-order chi connectivity index (χ0) is 13.7. The molecule has 0 aliphatic carbocycles. The molecule has 2 N–H and O–H groups in total. The highest BCUT2D eigenvalue weighted by atomic mass is 15.1. The zero-order valence-electron chi connectivity index (χ0n) is 12.3. The monoisotopic (exact) mass is 261 g/mol. The van der Waals surface area contributed by atoms with E-state index in [1.54, 1.807) is 0 Å². The van der Waals surface area contributed by atoms with Gasteiger partial charge in [0.05, 0.1) is 17.6 Å². The highest BCUT2D eigenvalue weighted by Gasteiger charge is 2.19. The zero-order valence-corrected chi connectivity index (χ0v) is 12.3. The molecular formula is C16H27N3. The average molecular weight is 261 g/mol. The van der Waals surface area contributed by atoms with Crippen LogP contribution in [0.25, 0.3) is 0 Å². The molecule has 1 saturated heterocycles. The molecule has 106 valence electrons. The van der Waals surface area contributed by atoms with E-state index < -0.39 is 0 Å². The molecule has 1 aliphatic rings. The second-order valence-corrected chi connectivity index (χ2v) is 5.68. The number of nitrogens with zero attached hydrogens (tertiary/aromatic N) is 2. The maximum atomic E-state index is 6.00. The second kappa shape index (κ2) is 6.90. The molecule has 0 amide bonds. The van der Waals surface area contributed by atoms with Gasteiger partial charge >= 0.3 is 0 Å². The minimum absolute atomic E-state index is 0.0735. The van der Waals surface area contributed by atoms with Crippen LogP contribution in [0.4, 0.5) is 5.69 Å². The van der Waals surface area contributed by atoms with Crippen molar-refractivity contribution in [3.8, 4) is 0 Å². The fourth-order valence-electron chi connectivity index (χ4n) is 2.90. The molecule has 1 atom stereocenters. The van der Waals surface area contributed by atoms with Gasteiger partial charge in [0, 0.05) is 19.1 Å². The van der Waals surface area contributed by atoms with Gasteiger partial charge in [-0.15, -0.1) is 0 Å². The number of nitrogens with two attached hydrogens (primary N) is 1. The predicted octanol–water partition coefficient (Wildman–Crippen LogP) is 3.51. The predicted molar refractivity (Wildman–Crippen MR) is 81.3 cm³/mol. The van der Waals surface area contributed by atoms with E-state index in [9.17, 15) is 0 Å². The highest BCUT2D eigenvalue weighted by molar-refractivity contribution is 5.45. The molecule has 1 fully saturated rings. The van der Waals surface area contributed by atoms with Gasteiger partial charge in [0.15, 0.2) is 0 Å². The van der Waals surface area contributed by atoms with Crippen LogP contribution in [0, 0.1) is 5.92 Å². The molecule has 0 unspecified atom stereocenters. The molecule has 1 aliphatic heterocycles. The van der Waals surface area contributed by atoms with Crippen LogP contribution in [0.5, 0.6) is 0 Å². The molecule has 2 rings (SSSR count). The first-order chi connectivity index (χ1) is 9.24. The first kappa shape index (κ1) is 14.3. The molecule has 1 aromatic heterocycles. The summed E-state index contributed by atoms with van der Waals surface area (Å²) in [6.07, 6.45) is 8.28. The molecule has 0 bridgehead atoms. The molecule has 3 heteroatoms. The Kier molecular flexibility index (Phi) is 5.20. The van der Waals surface area contributed by atoms with Crippen molar-refractivity contribution >= 4 is 5.69 Å². The number of hydrogen-bond donors (Lipinski definition) is 1. The summed E-state index contributed by atoms with van der Waals surface area (Å²) < 4.78 is 0. The summed E-state index contributed by atoms with van der Waals surface area (Å²) in [4.78, 5) is 6.97. The van der Waals surface area contributed by atoms with Crippen LogP contribution in [0.2, 0.25) is 0 Å². The topological polar surface area (TPSA) is 42.1 Å². The molecule has 2 heterocycles. The van der Waals surface area contributed by atoms with Crippen LogP contribution in [0.3, 0.4) is 0 Å². The molecule has 0 radical (unpaired) electrons. The van der Waals surface area contributed by atoms with Crippen LogP contribution in [0.1, 0.15) is 57.7 Å². The smallest absolute Gasteiger partial charge is 0.0572 e. The minimum atomic E-state index is 0.0735. The second-order valence-electron chi connectivity index (χ2n) is 5.68. The maximum absolute atomic E-state index is 6.00. The van der Waals surface area contributed by atoms with E-state index in [4.69, 9.17) is 5.73 Å². The van der Waals surface area contributed by atoms with Crippen LogP contribution in [-0.2, 0) is 0 Å². The van der Waals surface area contributed by atoms with E-state index >= 15 is 0 Å². The first-order valence-corrected chi connectivity index (χ1v) is 7.71. The Morgan fingerprint density at radius 3 is 2.58 bits per heavy atom. The summed E-state index contributed by atoms with van der Waals surface area (Å²) in [5.41, 5.74) is 8.26. The number of pyridine rings is 1. The molecular weight excluding hydrogens is 234 g/mol. The van der Waals surface area contributed by atoms with Gasteiger partial charge in [0.25, 0.3) is 0 Å². The van der Waals surface area contributed by atoms with E-state index in [-0.39, 0.29) is 6.04 Å². The normalized spacial score (nSPS) is 18.6. The SMILES string of the molecule is CCCC1CCN(c2ccc([C@@H](N)CC)nc2)CC1.